The molecule has 4 N–H and O–H groups in total. The van der Waals surface area contributed by atoms with Gasteiger partial charge in [-0.15, -0.1) is 0 Å². The Hall–Kier alpha value is -1.66. The van der Waals surface area contributed by atoms with E-state index in [4.69, 9.17) is 10.1 Å². The van der Waals surface area contributed by atoms with Gasteiger partial charge in [0.2, 0.25) is 0 Å². The Morgan fingerprint density at radius 1 is 1.39 bits per heavy atom. The fraction of sp³-hybridized carbons (Fsp3) is 0.647. The molecule has 0 aromatic carbocycles. The van der Waals surface area contributed by atoms with Crippen LogP contribution >= 0.6 is 0 Å². The molecule has 2 rings (SSSR count). The van der Waals surface area contributed by atoms with E-state index in [1.165, 1.54) is 12.0 Å². The number of pyridine rings is 1. The number of nitrogens with zero attached hydrogens (tertiary/aromatic N) is 1. The maximum absolute atomic E-state index is 10.9. The third-order valence-corrected chi connectivity index (χ3v) is 4.24. The van der Waals surface area contributed by atoms with E-state index in [-0.39, 0.29) is 0 Å². The molecule has 23 heavy (non-hydrogen) atoms. The number of carbonyl (C=O) groups is 1. The van der Waals surface area contributed by atoms with Crippen molar-refractivity contribution in [3.8, 4) is 0 Å². The van der Waals surface area contributed by atoms with Crippen molar-refractivity contribution in [2.75, 3.05) is 32.0 Å². The Morgan fingerprint density at radius 2 is 2.26 bits per heavy atom. The summed E-state index contributed by atoms with van der Waals surface area (Å²) in [6, 6.07) is 3.88. The quantitative estimate of drug-likeness (QED) is 0.488. The molecule has 0 amide bonds. The Balaban J connectivity index is 1.58. The number of aromatic nitrogens is 1. The Kier molecular flexibility index (Phi) is 7.29. The van der Waals surface area contributed by atoms with Crippen LogP contribution in [0.3, 0.4) is 0 Å². The monoisotopic (exact) mass is 320 g/mol. The van der Waals surface area contributed by atoms with E-state index in [0.29, 0.717) is 6.42 Å². The summed E-state index contributed by atoms with van der Waals surface area (Å²) in [5, 5.41) is 18.4. The molecule has 0 bridgehead atoms. The minimum atomic E-state index is -0.790. The first-order valence-electron chi connectivity index (χ1n) is 8.54. The number of hydrogen-bond donors (Lipinski definition) is 4. The fourth-order valence-electron chi connectivity index (χ4n) is 2.83. The van der Waals surface area contributed by atoms with E-state index < -0.39 is 12.0 Å². The highest BCUT2D eigenvalue weighted by molar-refractivity contribution is 5.73. The smallest absolute Gasteiger partial charge is 0.320 e. The largest absolute Gasteiger partial charge is 0.480 e. The van der Waals surface area contributed by atoms with Crippen LogP contribution in [0.4, 0.5) is 5.82 Å². The minimum absolute atomic E-state index is 0.463. The molecule has 0 radical (unpaired) electrons. The molecule has 1 unspecified atom stereocenters. The summed E-state index contributed by atoms with van der Waals surface area (Å²) in [7, 11) is 1.68. The number of carboxylic acids is 1. The van der Waals surface area contributed by atoms with Gasteiger partial charge in [-0.1, -0.05) is 6.07 Å². The highest BCUT2D eigenvalue weighted by Crippen LogP contribution is 2.20. The molecule has 0 aliphatic carbocycles. The summed E-state index contributed by atoms with van der Waals surface area (Å²) < 4.78 is 0. The topological polar surface area (TPSA) is 86.3 Å². The van der Waals surface area contributed by atoms with Crippen molar-refractivity contribution in [2.45, 2.75) is 44.6 Å². The number of anilines is 1. The molecule has 6 heteroatoms. The summed E-state index contributed by atoms with van der Waals surface area (Å²) in [4.78, 5) is 15.5. The molecule has 128 valence electrons. The van der Waals surface area contributed by atoms with Crippen LogP contribution in [0, 0.1) is 0 Å². The van der Waals surface area contributed by atoms with Gasteiger partial charge in [0, 0.05) is 12.2 Å². The van der Waals surface area contributed by atoms with E-state index in [0.717, 1.165) is 56.8 Å². The van der Waals surface area contributed by atoms with Crippen molar-refractivity contribution in [3.63, 3.8) is 0 Å². The first-order chi connectivity index (χ1) is 11.2. The number of unbranched alkanes of at least 4 members (excludes halogenated alkanes) is 1. The van der Waals surface area contributed by atoms with E-state index in [1.807, 2.05) is 0 Å². The van der Waals surface area contributed by atoms with E-state index >= 15 is 0 Å². The number of aliphatic carboxylic acids is 1. The minimum Gasteiger partial charge on any atom is -0.480 e. The van der Waals surface area contributed by atoms with Crippen LogP contribution in [0.1, 0.15) is 36.9 Å². The first-order valence-corrected chi connectivity index (χ1v) is 8.54. The van der Waals surface area contributed by atoms with Gasteiger partial charge in [-0.05, 0) is 70.3 Å². The molecule has 0 fully saturated rings. The Labute approximate surface area is 138 Å². The molecular weight excluding hydrogens is 292 g/mol. The van der Waals surface area contributed by atoms with Gasteiger partial charge in [-0.25, -0.2) is 4.98 Å². The molecule has 6 nitrogen and oxygen atoms in total. The highest BCUT2D eigenvalue weighted by Gasteiger charge is 2.13. The van der Waals surface area contributed by atoms with Gasteiger partial charge in [0.05, 0.1) is 0 Å². The summed E-state index contributed by atoms with van der Waals surface area (Å²) >= 11 is 0. The predicted molar refractivity (Wildman–Crippen MR) is 92.0 cm³/mol. The normalized spacial score (nSPS) is 14.8. The zero-order valence-electron chi connectivity index (χ0n) is 13.9. The van der Waals surface area contributed by atoms with Crippen molar-refractivity contribution < 1.29 is 9.90 Å². The lowest BCUT2D eigenvalue weighted by atomic mass is 10.1. The zero-order valence-corrected chi connectivity index (χ0v) is 13.9. The zero-order chi connectivity index (χ0) is 16.5. The van der Waals surface area contributed by atoms with Gasteiger partial charge < -0.3 is 21.1 Å². The standard InChI is InChI=1S/C17H28N4O2/c1-18-15(17(22)23)9-12-19-10-3-2-6-14-8-7-13-5-4-11-20-16(13)21-14/h7-8,15,18-19H,2-6,9-12H2,1H3,(H,20,21)(H,22,23). The fourth-order valence-corrected chi connectivity index (χ4v) is 2.83. The van der Waals surface area contributed by atoms with Crippen molar-refractivity contribution in [1.29, 1.82) is 0 Å². The number of aryl methyl sites for hydroxylation is 2. The first kappa shape index (κ1) is 17.7. The van der Waals surface area contributed by atoms with Crippen molar-refractivity contribution in [3.05, 3.63) is 23.4 Å². The molecule has 0 saturated heterocycles. The van der Waals surface area contributed by atoms with Gasteiger partial charge in [0.25, 0.3) is 0 Å². The van der Waals surface area contributed by atoms with Crippen molar-refractivity contribution >= 4 is 11.8 Å². The summed E-state index contributed by atoms with van der Waals surface area (Å²) in [5.74, 6) is 0.278. The van der Waals surface area contributed by atoms with E-state index in [9.17, 15) is 4.79 Å². The number of nitrogens with one attached hydrogen (secondary N) is 3. The maximum Gasteiger partial charge on any atom is 0.320 e. The summed E-state index contributed by atoms with van der Waals surface area (Å²) in [6.07, 6.45) is 6.07. The second kappa shape index (κ2) is 9.47. The molecule has 0 saturated carbocycles. The summed E-state index contributed by atoms with van der Waals surface area (Å²) in [5.41, 5.74) is 2.48. The molecule has 2 heterocycles. The van der Waals surface area contributed by atoms with Crippen molar-refractivity contribution in [1.82, 2.24) is 15.6 Å². The Bertz CT molecular complexity index is 507. The number of rotatable bonds is 10. The number of fused-ring (bicyclic) bond motifs is 1. The highest BCUT2D eigenvalue weighted by atomic mass is 16.4. The van der Waals surface area contributed by atoms with Crippen LogP contribution in [0.2, 0.25) is 0 Å². The number of likely N-dealkylation sites (N-methyl/N-ethyl adjacent to an activating group) is 1. The molecule has 1 aliphatic rings. The predicted octanol–water partition coefficient (Wildman–Crippen LogP) is 1.41. The molecular formula is C17H28N4O2. The van der Waals surface area contributed by atoms with Crippen LogP contribution in [-0.4, -0.2) is 48.8 Å². The number of hydrogen-bond acceptors (Lipinski definition) is 5. The summed E-state index contributed by atoms with van der Waals surface area (Å²) in [6.45, 7) is 2.66. The third kappa shape index (κ3) is 5.80. The van der Waals surface area contributed by atoms with Gasteiger partial charge in [-0.3, -0.25) is 4.79 Å². The molecule has 1 atom stereocenters. The molecule has 1 aliphatic heterocycles. The lowest BCUT2D eigenvalue weighted by molar-refractivity contribution is -0.139. The second-order valence-electron chi connectivity index (χ2n) is 6.02. The van der Waals surface area contributed by atoms with Gasteiger partial charge in [-0.2, -0.15) is 0 Å². The molecule has 0 spiro atoms. The SMILES string of the molecule is CNC(CCNCCCCc1ccc2c(n1)NCCC2)C(=O)O. The van der Waals surface area contributed by atoms with Gasteiger partial charge >= 0.3 is 5.97 Å². The van der Waals surface area contributed by atoms with Crippen LogP contribution in [0.5, 0.6) is 0 Å². The average molecular weight is 320 g/mol. The van der Waals surface area contributed by atoms with Crippen LogP contribution in [-0.2, 0) is 17.6 Å². The second-order valence-corrected chi connectivity index (χ2v) is 6.02. The van der Waals surface area contributed by atoms with Gasteiger partial charge in [0.1, 0.15) is 11.9 Å². The van der Waals surface area contributed by atoms with Crippen LogP contribution in [0.25, 0.3) is 0 Å². The Morgan fingerprint density at radius 3 is 3.04 bits per heavy atom. The molecule has 1 aromatic heterocycles. The molecule has 1 aromatic rings. The third-order valence-electron chi connectivity index (χ3n) is 4.24. The van der Waals surface area contributed by atoms with E-state index in [2.05, 4.69) is 28.1 Å². The van der Waals surface area contributed by atoms with Crippen molar-refractivity contribution in [2.24, 2.45) is 0 Å². The van der Waals surface area contributed by atoms with E-state index in [1.54, 1.807) is 7.05 Å². The lowest BCUT2D eigenvalue weighted by Gasteiger charge is -2.17. The maximum atomic E-state index is 10.9. The lowest BCUT2D eigenvalue weighted by Crippen LogP contribution is -2.36. The van der Waals surface area contributed by atoms with Gasteiger partial charge in [0.15, 0.2) is 0 Å². The van der Waals surface area contributed by atoms with Crippen LogP contribution < -0.4 is 16.0 Å². The average Bonchev–Trinajstić information content (AvgIpc) is 2.57. The number of carboxylic acid groups (broad SMARTS) is 1. The van der Waals surface area contributed by atoms with Crippen LogP contribution in [0.15, 0.2) is 12.1 Å².